The topological polar surface area (TPSA) is 29.3 Å². The van der Waals surface area contributed by atoms with Gasteiger partial charge in [-0.1, -0.05) is 18.6 Å². The molecule has 2 N–H and O–H groups in total. The SMILES string of the molecule is CN(Cc1cccc(F)c1)C1CCCC(N)C1. The summed E-state index contributed by atoms with van der Waals surface area (Å²) >= 11 is 0. The Hall–Kier alpha value is -0.930. The molecule has 0 saturated heterocycles. The van der Waals surface area contributed by atoms with Crippen LogP contribution in [0.5, 0.6) is 0 Å². The van der Waals surface area contributed by atoms with Gasteiger partial charge in [-0.15, -0.1) is 0 Å². The van der Waals surface area contributed by atoms with E-state index in [0.29, 0.717) is 12.1 Å². The number of nitrogens with zero attached hydrogens (tertiary/aromatic N) is 1. The Morgan fingerprint density at radius 3 is 2.94 bits per heavy atom. The third-order valence-corrected chi connectivity index (χ3v) is 3.63. The van der Waals surface area contributed by atoms with E-state index in [1.807, 2.05) is 6.07 Å². The van der Waals surface area contributed by atoms with Crippen molar-refractivity contribution in [1.29, 1.82) is 0 Å². The number of hydrogen-bond donors (Lipinski definition) is 1. The molecule has 0 amide bonds. The van der Waals surface area contributed by atoms with Gasteiger partial charge in [-0.2, -0.15) is 0 Å². The van der Waals surface area contributed by atoms with Gasteiger partial charge in [-0.25, -0.2) is 4.39 Å². The second-order valence-corrected chi connectivity index (χ2v) is 5.13. The molecule has 0 aliphatic heterocycles. The number of nitrogens with two attached hydrogens (primary N) is 1. The van der Waals surface area contributed by atoms with E-state index in [-0.39, 0.29) is 5.82 Å². The number of hydrogen-bond acceptors (Lipinski definition) is 2. The summed E-state index contributed by atoms with van der Waals surface area (Å²) in [6.07, 6.45) is 4.62. The predicted molar refractivity (Wildman–Crippen MR) is 68.1 cm³/mol. The molecule has 2 unspecified atom stereocenters. The maximum atomic E-state index is 13.1. The molecule has 0 heterocycles. The molecule has 0 spiro atoms. The molecule has 1 saturated carbocycles. The minimum Gasteiger partial charge on any atom is -0.328 e. The van der Waals surface area contributed by atoms with Gasteiger partial charge in [0.25, 0.3) is 0 Å². The lowest BCUT2D eigenvalue weighted by atomic mass is 9.90. The van der Waals surface area contributed by atoms with Crippen molar-refractivity contribution in [2.24, 2.45) is 5.73 Å². The lowest BCUT2D eigenvalue weighted by Crippen LogP contribution is -2.40. The van der Waals surface area contributed by atoms with E-state index in [2.05, 4.69) is 11.9 Å². The molecule has 17 heavy (non-hydrogen) atoms. The normalized spacial score (nSPS) is 25.2. The van der Waals surface area contributed by atoms with E-state index in [4.69, 9.17) is 5.73 Å². The van der Waals surface area contributed by atoms with Crippen LogP contribution in [0.3, 0.4) is 0 Å². The summed E-state index contributed by atoms with van der Waals surface area (Å²) in [6, 6.07) is 7.72. The fraction of sp³-hybridized carbons (Fsp3) is 0.571. The van der Waals surface area contributed by atoms with Crippen LogP contribution in [-0.2, 0) is 6.54 Å². The lowest BCUT2D eigenvalue weighted by Gasteiger charge is -2.34. The highest BCUT2D eigenvalue weighted by molar-refractivity contribution is 5.16. The van der Waals surface area contributed by atoms with Gasteiger partial charge in [0.15, 0.2) is 0 Å². The monoisotopic (exact) mass is 236 g/mol. The van der Waals surface area contributed by atoms with Crippen LogP contribution in [0.25, 0.3) is 0 Å². The highest BCUT2D eigenvalue weighted by atomic mass is 19.1. The standard InChI is InChI=1S/C14H21FN2/c1-17(14-7-3-6-13(16)9-14)10-11-4-2-5-12(15)8-11/h2,4-5,8,13-14H,3,6-7,9-10,16H2,1H3. The number of halogens is 1. The second kappa shape index (κ2) is 5.61. The average Bonchev–Trinajstić information content (AvgIpc) is 2.29. The third kappa shape index (κ3) is 3.51. The van der Waals surface area contributed by atoms with Gasteiger partial charge >= 0.3 is 0 Å². The quantitative estimate of drug-likeness (QED) is 0.873. The Morgan fingerprint density at radius 1 is 1.41 bits per heavy atom. The van der Waals surface area contributed by atoms with Crippen LogP contribution in [0, 0.1) is 5.82 Å². The molecule has 94 valence electrons. The minimum absolute atomic E-state index is 0.156. The van der Waals surface area contributed by atoms with E-state index >= 15 is 0 Å². The van der Waals surface area contributed by atoms with Crippen molar-refractivity contribution < 1.29 is 4.39 Å². The van der Waals surface area contributed by atoms with Crippen LogP contribution < -0.4 is 5.73 Å². The Balaban J connectivity index is 1.94. The van der Waals surface area contributed by atoms with Crippen LogP contribution in [-0.4, -0.2) is 24.0 Å². The van der Waals surface area contributed by atoms with Crippen molar-refractivity contribution in [3.8, 4) is 0 Å². The maximum Gasteiger partial charge on any atom is 0.123 e. The smallest absolute Gasteiger partial charge is 0.123 e. The highest BCUT2D eigenvalue weighted by Crippen LogP contribution is 2.22. The van der Waals surface area contributed by atoms with Crippen LogP contribution in [0.4, 0.5) is 4.39 Å². The zero-order valence-corrected chi connectivity index (χ0v) is 10.4. The van der Waals surface area contributed by atoms with E-state index in [1.54, 1.807) is 12.1 Å². The summed E-state index contributed by atoms with van der Waals surface area (Å²) in [6.45, 7) is 0.801. The molecule has 2 rings (SSSR count). The van der Waals surface area contributed by atoms with Gasteiger partial charge in [-0.3, -0.25) is 4.90 Å². The molecule has 0 aromatic heterocycles. The van der Waals surface area contributed by atoms with Gasteiger partial charge in [0.05, 0.1) is 0 Å². The Morgan fingerprint density at radius 2 is 2.24 bits per heavy atom. The van der Waals surface area contributed by atoms with Crippen LogP contribution >= 0.6 is 0 Å². The van der Waals surface area contributed by atoms with Crippen LogP contribution in [0.15, 0.2) is 24.3 Å². The van der Waals surface area contributed by atoms with Gasteiger partial charge in [-0.05, 0) is 44.0 Å². The van der Waals surface area contributed by atoms with Crippen molar-refractivity contribution in [2.45, 2.75) is 44.3 Å². The zero-order chi connectivity index (χ0) is 12.3. The summed E-state index contributed by atoms with van der Waals surface area (Å²) in [4.78, 5) is 2.30. The molecule has 1 aliphatic rings. The molecule has 1 fully saturated rings. The first-order valence-corrected chi connectivity index (χ1v) is 6.35. The Labute approximate surface area is 103 Å². The van der Waals surface area contributed by atoms with E-state index in [1.165, 1.54) is 18.9 Å². The van der Waals surface area contributed by atoms with Crippen LogP contribution in [0.2, 0.25) is 0 Å². The molecule has 1 aliphatic carbocycles. The maximum absolute atomic E-state index is 13.1. The highest BCUT2D eigenvalue weighted by Gasteiger charge is 2.22. The Kier molecular flexibility index (Phi) is 4.13. The van der Waals surface area contributed by atoms with Crippen molar-refractivity contribution in [2.75, 3.05) is 7.05 Å². The van der Waals surface area contributed by atoms with Crippen molar-refractivity contribution in [3.05, 3.63) is 35.6 Å². The summed E-state index contributed by atoms with van der Waals surface area (Å²) < 4.78 is 13.1. The molecule has 2 nitrogen and oxygen atoms in total. The summed E-state index contributed by atoms with van der Waals surface area (Å²) in [5.41, 5.74) is 7.03. The summed E-state index contributed by atoms with van der Waals surface area (Å²) in [5.74, 6) is -0.156. The minimum atomic E-state index is -0.156. The Bertz CT molecular complexity index is 367. The molecule has 0 radical (unpaired) electrons. The molecular formula is C14H21FN2. The van der Waals surface area contributed by atoms with E-state index in [9.17, 15) is 4.39 Å². The fourth-order valence-corrected chi connectivity index (χ4v) is 2.65. The molecule has 1 aromatic rings. The van der Waals surface area contributed by atoms with Gasteiger partial charge < -0.3 is 5.73 Å². The summed E-state index contributed by atoms with van der Waals surface area (Å²) in [7, 11) is 2.10. The molecular weight excluding hydrogens is 215 g/mol. The molecule has 2 atom stereocenters. The lowest BCUT2D eigenvalue weighted by molar-refractivity contribution is 0.173. The molecule has 1 aromatic carbocycles. The molecule has 3 heteroatoms. The fourth-order valence-electron chi connectivity index (χ4n) is 2.65. The van der Waals surface area contributed by atoms with Crippen molar-refractivity contribution in [3.63, 3.8) is 0 Å². The van der Waals surface area contributed by atoms with Gasteiger partial charge in [0.1, 0.15) is 5.82 Å². The summed E-state index contributed by atoms with van der Waals surface area (Å²) in [5, 5.41) is 0. The molecule has 0 bridgehead atoms. The van der Waals surface area contributed by atoms with E-state index < -0.39 is 0 Å². The zero-order valence-electron chi connectivity index (χ0n) is 10.4. The predicted octanol–water partition coefficient (Wildman–Crippen LogP) is 2.53. The van der Waals surface area contributed by atoms with Gasteiger partial charge in [0, 0.05) is 18.6 Å². The largest absolute Gasteiger partial charge is 0.328 e. The van der Waals surface area contributed by atoms with Crippen LogP contribution in [0.1, 0.15) is 31.2 Å². The van der Waals surface area contributed by atoms with Crippen molar-refractivity contribution >= 4 is 0 Å². The number of benzene rings is 1. The van der Waals surface area contributed by atoms with Gasteiger partial charge in [0.2, 0.25) is 0 Å². The number of rotatable bonds is 3. The third-order valence-electron chi connectivity index (χ3n) is 3.63. The first kappa shape index (κ1) is 12.5. The first-order valence-electron chi connectivity index (χ1n) is 6.35. The first-order chi connectivity index (χ1) is 8.15. The van der Waals surface area contributed by atoms with E-state index in [0.717, 1.165) is 24.9 Å². The second-order valence-electron chi connectivity index (χ2n) is 5.13. The average molecular weight is 236 g/mol. The van der Waals surface area contributed by atoms with Crippen molar-refractivity contribution in [1.82, 2.24) is 4.90 Å².